The highest BCUT2D eigenvalue weighted by molar-refractivity contribution is 5.85. The van der Waals surface area contributed by atoms with Gasteiger partial charge in [0, 0.05) is 6.54 Å². The number of hydrogen-bond donors (Lipinski definition) is 2. The van der Waals surface area contributed by atoms with Gasteiger partial charge < -0.3 is 15.4 Å². The summed E-state index contributed by atoms with van der Waals surface area (Å²) >= 11 is 0. The summed E-state index contributed by atoms with van der Waals surface area (Å²) in [6.45, 7) is 8.77. The third-order valence-electron chi connectivity index (χ3n) is 3.67. The Kier molecular flexibility index (Phi) is 8.16. The molecule has 23 heavy (non-hydrogen) atoms. The standard InChI is InChI=1S/C18H28N2O3/c1-5-14(4)16(17(21)19-11-13(2)3)20-18(22)23-12-15-9-7-6-8-10-15/h6-10,13-14,16H,5,11-12H2,1-4H3,(H,19,21)(H,20,22)/t14?,16-/m0/s1. The molecule has 5 heteroatoms. The van der Waals surface area contributed by atoms with E-state index in [4.69, 9.17) is 4.74 Å². The normalized spacial score (nSPS) is 13.3. The summed E-state index contributed by atoms with van der Waals surface area (Å²) in [4.78, 5) is 24.3. The molecule has 0 aromatic heterocycles. The number of carbonyl (C=O) groups excluding carboxylic acids is 2. The molecule has 0 heterocycles. The number of alkyl carbamates (subject to hydrolysis) is 1. The highest BCUT2D eigenvalue weighted by atomic mass is 16.5. The number of carbonyl (C=O) groups is 2. The van der Waals surface area contributed by atoms with Crippen molar-refractivity contribution >= 4 is 12.0 Å². The van der Waals surface area contributed by atoms with Crippen molar-refractivity contribution in [2.24, 2.45) is 11.8 Å². The zero-order chi connectivity index (χ0) is 17.2. The van der Waals surface area contributed by atoms with Crippen molar-refractivity contribution in [1.82, 2.24) is 10.6 Å². The predicted molar refractivity (Wildman–Crippen MR) is 90.9 cm³/mol. The van der Waals surface area contributed by atoms with Gasteiger partial charge in [0.1, 0.15) is 12.6 Å². The summed E-state index contributed by atoms with van der Waals surface area (Å²) in [5.41, 5.74) is 0.909. The van der Waals surface area contributed by atoms with E-state index in [1.807, 2.05) is 58.0 Å². The number of amides is 2. The van der Waals surface area contributed by atoms with Crippen LogP contribution in [0.5, 0.6) is 0 Å². The molecule has 0 bridgehead atoms. The molecular formula is C18H28N2O3. The van der Waals surface area contributed by atoms with Crippen LogP contribution in [0.3, 0.4) is 0 Å². The van der Waals surface area contributed by atoms with Gasteiger partial charge >= 0.3 is 6.09 Å². The minimum atomic E-state index is -0.581. The van der Waals surface area contributed by atoms with Gasteiger partial charge in [-0.15, -0.1) is 0 Å². The van der Waals surface area contributed by atoms with Crippen molar-refractivity contribution in [3.63, 3.8) is 0 Å². The Morgan fingerprint density at radius 3 is 2.35 bits per heavy atom. The highest BCUT2D eigenvalue weighted by Crippen LogP contribution is 2.09. The highest BCUT2D eigenvalue weighted by Gasteiger charge is 2.26. The van der Waals surface area contributed by atoms with E-state index in [-0.39, 0.29) is 18.4 Å². The molecule has 2 N–H and O–H groups in total. The molecule has 1 aromatic rings. The lowest BCUT2D eigenvalue weighted by Crippen LogP contribution is -2.50. The van der Waals surface area contributed by atoms with Crippen molar-refractivity contribution in [3.05, 3.63) is 35.9 Å². The summed E-state index contributed by atoms with van der Waals surface area (Å²) in [6, 6.07) is 8.86. The molecule has 0 saturated heterocycles. The fraction of sp³-hybridized carbons (Fsp3) is 0.556. The third kappa shape index (κ3) is 7.17. The van der Waals surface area contributed by atoms with Gasteiger partial charge in [-0.1, -0.05) is 64.4 Å². The SMILES string of the molecule is CCC(C)[C@H](NC(=O)OCc1ccccc1)C(=O)NCC(C)C. The molecule has 0 spiro atoms. The van der Waals surface area contributed by atoms with Crippen molar-refractivity contribution in [3.8, 4) is 0 Å². The molecular weight excluding hydrogens is 292 g/mol. The maximum Gasteiger partial charge on any atom is 0.408 e. The quantitative estimate of drug-likeness (QED) is 0.773. The molecule has 1 rings (SSSR count). The molecule has 5 nitrogen and oxygen atoms in total. The zero-order valence-corrected chi connectivity index (χ0v) is 14.5. The summed E-state index contributed by atoms with van der Waals surface area (Å²) < 4.78 is 5.20. The lowest BCUT2D eigenvalue weighted by molar-refractivity contribution is -0.124. The van der Waals surface area contributed by atoms with E-state index in [1.54, 1.807) is 0 Å². The third-order valence-corrected chi connectivity index (χ3v) is 3.67. The predicted octanol–water partition coefficient (Wildman–Crippen LogP) is 3.10. The largest absolute Gasteiger partial charge is 0.445 e. The molecule has 0 aliphatic rings. The second-order valence-electron chi connectivity index (χ2n) is 6.21. The molecule has 128 valence electrons. The number of rotatable bonds is 8. The Morgan fingerprint density at radius 2 is 1.78 bits per heavy atom. The van der Waals surface area contributed by atoms with E-state index in [0.717, 1.165) is 12.0 Å². The average molecular weight is 320 g/mol. The number of benzene rings is 1. The molecule has 0 fully saturated rings. The smallest absolute Gasteiger partial charge is 0.408 e. The molecule has 0 radical (unpaired) electrons. The van der Waals surface area contributed by atoms with E-state index in [1.165, 1.54) is 0 Å². The monoisotopic (exact) mass is 320 g/mol. The van der Waals surface area contributed by atoms with E-state index >= 15 is 0 Å². The number of ether oxygens (including phenoxy) is 1. The first kappa shape index (κ1) is 19.0. The number of nitrogens with one attached hydrogen (secondary N) is 2. The minimum absolute atomic E-state index is 0.0337. The van der Waals surface area contributed by atoms with Crippen LogP contribution in [-0.4, -0.2) is 24.6 Å². The van der Waals surface area contributed by atoms with Gasteiger partial charge in [0.2, 0.25) is 5.91 Å². The van der Waals surface area contributed by atoms with Crippen molar-refractivity contribution in [1.29, 1.82) is 0 Å². The van der Waals surface area contributed by atoms with Crippen LogP contribution in [0.15, 0.2) is 30.3 Å². The summed E-state index contributed by atoms with van der Waals surface area (Å²) in [7, 11) is 0. The van der Waals surface area contributed by atoms with Crippen molar-refractivity contribution < 1.29 is 14.3 Å². The van der Waals surface area contributed by atoms with Crippen molar-refractivity contribution in [2.45, 2.75) is 46.8 Å². The van der Waals surface area contributed by atoms with E-state index in [2.05, 4.69) is 10.6 Å². The molecule has 0 aliphatic carbocycles. The summed E-state index contributed by atoms with van der Waals surface area (Å²) in [5, 5.41) is 5.56. The first-order valence-electron chi connectivity index (χ1n) is 8.19. The van der Waals surface area contributed by atoms with Gasteiger partial charge in [-0.05, 0) is 17.4 Å². The number of hydrogen-bond acceptors (Lipinski definition) is 3. The van der Waals surface area contributed by atoms with Gasteiger partial charge in [0.25, 0.3) is 0 Å². The van der Waals surface area contributed by atoms with E-state index < -0.39 is 12.1 Å². The van der Waals surface area contributed by atoms with Gasteiger partial charge in [-0.25, -0.2) is 4.79 Å². The van der Waals surface area contributed by atoms with Crippen LogP contribution >= 0.6 is 0 Å². The maximum atomic E-state index is 12.3. The Bertz CT molecular complexity index is 488. The molecule has 2 amide bonds. The Morgan fingerprint density at radius 1 is 1.13 bits per heavy atom. The van der Waals surface area contributed by atoms with Crippen LogP contribution in [-0.2, 0) is 16.1 Å². The Labute approximate surface area is 138 Å². The van der Waals surface area contributed by atoms with Crippen molar-refractivity contribution in [2.75, 3.05) is 6.54 Å². The van der Waals surface area contributed by atoms with Crippen LogP contribution in [0.1, 0.15) is 39.7 Å². The van der Waals surface area contributed by atoms with Gasteiger partial charge in [0.15, 0.2) is 0 Å². The van der Waals surface area contributed by atoms with Crippen LogP contribution in [0.2, 0.25) is 0 Å². The molecule has 0 saturated carbocycles. The second kappa shape index (κ2) is 9.87. The van der Waals surface area contributed by atoms with Crippen LogP contribution in [0.4, 0.5) is 4.79 Å². The Balaban J connectivity index is 2.55. The Hall–Kier alpha value is -2.04. The van der Waals surface area contributed by atoms with E-state index in [0.29, 0.717) is 12.5 Å². The average Bonchev–Trinajstić information content (AvgIpc) is 2.55. The lowest BCUT2D eigenvalue weighted by atomic mass is 9.98. The zero-order valence-electron chi connectivity index (χ0n) is 14.5. The molecule has 1 aromatic carbocycles. The first-order valence-corrected chi connectivity index (χ1v) is 8.19. The van der Waals surface area contributed by atoms with Gasteiger partial charge in [0.05, 0.1) is 0 Å². The maximum absolute atomic E-state index is 12.3. The summed E-state index contributed by atoms with van der Waals surface area (Å²) in [6.07, 6.45) is 0.220. The minimum Gasteiger partial charge on any atom is -0.445 e. The van der Waals surface area contributed by atoms with Gasteiger partial charge in [-0.2, -0.15) is 0 Å². The molecule has 2 atom stereocenters. The molecule has 1 unspecified atom stereocenters. The molecule has 0 aliphatic heterocycles. The lowest BCUT2D eigenvalue weighted by Gasteiger charge is -2.23. The fourth-order valence-corrected chi connectivity index (χ4v) is 2.01. The van der Waals surface area contributed by atoms with Gasteiger partial charge in [-0.3, -0.25) is 4.79 Å². The summed E-state index contributed by atoms with van der Waals surface area (Å²) in [5.74, 6) is 0.234. The second-order valence-corrected chi connectivity index (χ2v) is 6.21. The van der Waals surface area contributed by atoms with Crippen LogP contribution < -0.4 is 10.6 Å². The topological polar surface area (TPSA) is 67.4 Å². The van der Waals surface area contributed by atoms with Crippen LogP contribution in [0, 0.1) is 11.8 Å². The first-order chi connectivity index (χ1) is 10.9. The van der Waals surface area contributed by atoms with Crippen LogP contribution in [0.25, 0.3) is 0 Å². The fourth-order valence-electron chi connectivity index (χ4n) is 2.01. The van der Waals surface area contributed by atoms with E-state index in [9.17, 15) is 9.59 Å².